The molecule has 0 radical (unpaired) electrons. The zero-order valence-corrected chi connectivity index (χ0v) is 15.9. The number of piperazine rings is 1. The fraction of sp³-hybridized carbons (Fsp3) is 0.318. The van der Waals surface area contributed by atoms with Gasteiger partial charge in [-0.2, -0.15) is 0 Å². The number of aromatic carboxylic acids is 1. The van der Waals surface area contributed by atoms with E-state index in [1.54, 1.807) is 21.9 Å². The largest absolute Gasteiger partial charge is 0.478 e. The van der Waals surface area contributed by atoms with Crippen molar-refractivity contribution in [3.63, 3.8) is 0 Å². The number of hydrogen-bond donors (Lipinski definition) is 1. The Morgan fingerprint density at radius 3 is 2.07 bits per heavy atom. The standard InChI is InChI=1S/C22H24N2O4/c1-16-5-2-3-7-18(16)15-21(26)24-11-9-23(10-12-24)20(25)14-17-6-4-8-19(13-17)22(27)28/h2-8,13H,9-12,14-15H2,1H3,(H,27,28). The third kappa shape index (κ3) is 4.76. The number of carboxylic acids is 1. The van der Waals surface area contributed by atoms with E-state index in [1.807, 2.05) is 31.2 Å². The molecule has 1 heterocycles. The smallest absolute Gasteiger partial charge is 0.335 e. The fourth-order valence-electron chi connectivity index (χ4n) is 3.39. The Balaban J connectivity index is 1.52. The Morgan fingerprint density at radius 2 is 1.46 bits per heavy atom. The number of benzene rings is 2. The molecule has 28 heavy (non-hydrogen) atoms. The zero-order valence-electron chi connectivity index (χ0n) is 15.9. The summed E-state index contributed by atoms with van der Waals surface area (Å²) in [5.41, 5.74) is 3.00. The average Bonchev–Trinajstić information content (AvgIpc) is 2.70. The minimum absolute atomic E-state index is 0.0476. The summed E-state index contributed by atoms with van der Waals surface area (Å²) in [5.74, 6) is -0.973. The molecule has 146 valence electrons. The van der Waals surface area contributed by atoms with Crippen LogP contribution in [0.1, 0.15) is 27.0 Å². The summed E-state index contributed by atoms with van der Waals surface area (Å²) in [6, 6.07) is 14.3. The van der Waals surface area contributed by atoms with Crippen LogP contribution in [-0.4, -0.2) is 58.9 Å². The lowest BCUT2D eigenvalue weighted by atomic mass is 10.0. The molecule has 2 amide bonds. The highest BCUT2D eigenvalue weighted by Crippen LogP contribution is 2.13. The minimum atomic E-state index is -1.00. The first-order valence-electron chi connectivity index (χ1n) is 9.36. The number of rotatable bonds is 5. The molecule has 1 aliphatic heterocycles. The summed E-state index contributed by atoms with van der Waals surface area (Å²) in [5, 5.41) is 9.06. The molecule has 0 spiro atoms. The van der Waals surface area contributed by atoms with Crippen molar-refractivity contribution < 1.29 is 19.5 Å². The number of amides is 2. The number of hydrogen-bond acceptors (Lipinski definition) is 3. The van der Waals surface area contributed by atoms with Crippen molar-refractivity contribution in [1.82, 2.24) is 9.80 Å². The molecule has 0 saturated carbocycles. The van der Waals surface area contributed by atoms with E-state index >= 15 is 0 Å². The maximum absolute atomic E-state index is 12.6. The first-order chi connectivity index (χ1) is 13.4. The summed E-state index contributed by atoms with van der Waals surface area (Å²) in [6.45, 7) is 4.03. The van der Waals surface area contributed by atoms with E-state index in [-0.39, 0.29) is 23.8 Å². The molecule has 0 bridgehead atoms. The van der Waals surface area contributed by atoms with Crippen LogP contribution < -0.4 is 0 Å². The van der Waals surface area contributed by atoms with Gasteiger partial charge in [0.15, 0.2) is 0 Å². The molecular formula is C22H24N2O4. The molecule has 2 aromatic rings. The number of nitrogens with zero attached hydrogens (tertiary/aromatic N) is 2. The van der Waals surface area contributed by atoms with Crippen LogP contribution >= 0.6 is 0 Å². The number of carbonyl (C=O) groups excluding carboxylic acids is 2. The van der Waals surface area contributed by atoms with Gasteiger partial charge in [-0.3, -0.25) is 9.59 Å². The van der Waals surface area contributed by atoms with E-state index in [0.29, 0.717) is 38.2 Å². The van der Waals surface area contributed by atoms with Crippen LogP contribution in [0.25, 0.3) is 0 Å². The van der Waals surface area contributed by atoms with Gasteiger partial charge in [0.25, 0.3) is 0 Å². The van der Waals surface area contributed by atoms with Crippen molar-refractivity contribution in [3.05, 3.63) is 70.8 Å². The Bertz CT molecular complexity index is 886. The quantitative estimate of drug-likeness (QED) is 0.862. The Labute approximate surface area is 164 Å². The average molecular weight is 380 g/mol. The second kappa shape index (κ2) is 8.69. The van der Waals surface area contributed by atoms with Crippen LogP contribution in [0.3, 0.4) is 0 Å². The highest BCUT2D eigenvalue weighted by atomic mass is 16.4. The van der Waals surface area contributed by atoms with Crippen LogP contribution in [0, 0.1) is 6.92 Å². The second-order valence-corrected chi connectivity index (χ2v) is 7.05. The van der Waals surface area contributed by atoms with Gasteiger partial charge in [-0.25, -0.2) is 4.79 Å². The van der Waals surface area contributed by atoms with Gasteiger partial charge >= 0.3 is 5.97 Å². The highest BCUT2D eigenvalue weighted by Gasteiger charge is 2.24. The molecule has 0 aromatic heterocycles. The van der Waals surface area contributed by atoms with Crippen molar-refractivity contribution in [2.45, 2.75) is 19.8 Å². The van der Waals surface area contributed by atoms with Gasteiger partial charge in [0.05, 0.1) is 18.4 Å². The van der Waals surface area contributed by atoms with Gasteiger partial charge in [-0.15, -0.1) is 0 Å². The first kappa shape index (κ1) is 19.6. The third-order valence-electron chi connectivity index (χ3n) is 5.12. The van der Waals surface area contributed by atoms with Gasteiger partial charge in [-0.05, 0) is 35.7 Å². The van der Waals surface area contributed by atoms with Crippen molar-refractivity contribution in [3.8, 4) is 0 Å². The molecule has 6 heteroatoms. The number of carboxylic acid groups (broad SMARTS) is 1. The molecule has 1 N–H and O–H groups in total. The lowest BCUT2D eigenvalue weighted by Crippen LogP contribution is -2.51. The topological polar surface area (TPSA) is 77.9 Å². The molecule has 1 aliphatic rings. The van der Waals surface area contributed by atoms with E-state index in [4.69, 9.17) is 5.11 Å². The molecular weight excluding hydrogens is 356 g/mol. The summed E-state index contributed by atoms with van der Waals surface area (Å²) >= 11 is 0. The number of aryl methyl sites for hydroxylation is 1. The van der Waals surface area contributed by atoms with E-state index in [0.717, 1.165) is 11.1 Å². The molecule has 6 nitrogen and oxygen atoms in total. The number of carbonyl (C=O) groups is 3. The predicted molar refractivity (Wildman–Crippen MR) is 105 cm³/mol. The van der Waals surface area contributed by atoms with Gasteiger partial charge in [-0.1, -0.05) is 36.4 Å². The second-order valence-electron chi connectivity index (χ2n) is 7.05. The van der Waals surface area contributed by atoms with Crippen LogP contribution in [0.4, 0.5) is 0 Å². The fourth-order valence-corrected chi connectivity index (χ4v) is 3.39. The normalized spacial score (nSPS) is 14.0. The maximum atomic E-state index is 12.6. The van der Waals surface area contributed by atoms with Crippen LogP contribution in [0.15, 0.2) is 48.5 Å². The van der Waals surface area contributed by atoms with Crippen LogP contribution in [0.5, 0.6) is 0 Å². The summed E-state index contributed by atoms with van der Waals surface area (Å²) in [4.78, 5) is 39.7. The monoisotopic (exact) mass is 380 g/mol. The first-order valence-corrected chi connectivity index (χ1v) is 9.36. The van der Waals surface area contributed by atoms with Crippen LogP contribution in [0.2, 0.25) is 0 Å². The Kier molecular flexibility index (Phi) is 6.09. The molecule has 0 atom stereocenters. The van der Waals surface area contributed by atoms with Gasteiger partial charge in [0.2, 0.25) is 11.8 Å². The van der Waals surface area contributed by atoms with Gasteiger partial charge < -0.3 is 14.9 Å². The van der Waals surface area contributed by atoms with E-state index < -0.39 is 5.97 Å². The molecule has 0 unspecified atom stereocenters. The maximum Gasteiger partial charge on any atom is 0.335 e. The Hall–Kier alpha value is -3.15. The minimum Gasteiger partial charge on any atom is -0.478 e. The lowest BCUT2D eigenvalue weighted by molar-refractivity contribution is -0.138. The van der Waals surface area contributed by atoms with Crippen molar-refractivity contribution in [2.75, 3.05) is 26.2 Å². The van der Waals surface area contributed by atoms with E-state index in [1.165, 1.54) is 12.1 Å². The molecule has 1 fully saturated rings. The highest BCUT2D eigenvalue weighted by molar-refractivity contribution is 5.88. The van der Waals surface area contributed by atoms with Crippen LogP contribution in [-0.2, 0) is 22.4 Å². The van der Waals surface area contributed by atoms with E-state index in [9.17, 15) is 14.4 Å². The summed E-state index contributed by atoms with van der Waals surface area (Å²) in [6.07, 6.45) is 0.543. The van der Waals surface area contributed by atoms with Crippen molar-refractivity contribution >= 4 is 17.8 Å². The summed E-state index contributed by atoms with van der Waals surface area (Å²) < 4.78 is 0. The van der Waals surface area contributed by atoms with Crippen molar-refractivity contribution in [1.29, 1.82) is 0 Å². The van der Waals surface area contributed by atoms with Gasteiger partial charge in [0.1, 0.15) is 0 Å². The third-order valence-corrected chi connectivity index (χ3v) is 5.12. The van der Waals surface area contributed by atoms with Gasteiger partial charge in [0, 0.05) is 26.2 Å². The molecule has 0 aliphatic carbocycles. The lowest BCUT2D eigenvalue weighted by Gasteiger charge is -2.35. The molecule has 1 saturated heterocycles. The SMILES string of the molecule is Cc1ccccc1CC(=O)N1CCN(C(=O)Cc2cccc(C(=O)O)c2)CC1. The summed E-state index contributed by atoms with van der Waals surface area (Å²) in [7, 11) is 0. The predicted octanol–water partition coefficient (Wildman–Crippen LogP) is 2.15. The van der Waals surface area contributed by atoms with E-state index in [2.05, 4.69) is 0 Å². The zero-order chi connectivity index (χ0) is 20.1. The molecule has 2 aromatic carbocycles. The van der Waals surface area contributed by atoms with Crippen molar-refractivity contribution in [2.24, 2.45) is 0 Å². The Morgan fingerprint density at radius 1 is 0.857 bits per heavy atom. The molecule has 3 rings (SSSR count).